The number of benzene rings is 1. The Balaban J connectivity index is 1.51. The second kappa shape index (κ2) is 8.05. The summed E-state index contributed by atoms with van der Waals surface area (Å²) in [6.45, 7) is 10.5. The normalized spacial score (nSPS) is 24.0. The smallest absolute Gasteiger partial charge is 0.255 e. The van der Waals surface area contributed by atoms with Gasteiger partial charge in [0.1, 0.15) is 0 Å². The van der Waals surface area contributed by atoms with Crippen molar-refractivity contribution in [3.05, 3.63) is 57.5 Å². The molecular weight excluding hydrogens is 352 g/mol. The summed E-state index contributed by atoms with van der Waals surface area (Å²) in [5, 5.41) is 0. The van der Waals surface area contributed by atoms with Gasteiger partial charge < -0.3 is 9.64 Å². The van der Waals surface area contributed by atoms with Crippen LogP contribution in [0.15, 0.2) is 35.1 Å². The largest absolute Gasteiger partial charge is 0.372 e. The van der Waals surface area contributed by atoms with Crippen LogP contribution in [-0.4, -0.2) is 53.3 Å². The van der Waals surface area contributed by atoms with Crippen LogP contribution in [0.25, 0.3) is 0 Å². The molecule has 0 radical (unpaired) electrons. The van der Waals surface area contributed by atoms with E-state index in [1.807, 2.05) is 0 Å². The maximum atomic E-state index is 12.7. The lowest BCUT2D eigenvalue weighted by Gasteiger charge is -2.36. The van der Waals surface area contributed by atoms with Crippen LogP contribution in [0, 0.1) is 0 Å². The molecule has 1 saturated heterocycles. The minimum Gasteiger partial charge on any atom is -0.372 e. The predicted octanol–water partition coefficient (Wildman–Crippen LogP) is 2.55. The van der Waals surface area contributed by atoms with Crippen molar-refractivity contribution < 1.29 is 4.74 Å². The van der Waals surface area contributed by atoms with Crippen LogP contribution in [0.4, 0.5) is 5.95 Å². The van der Waals surface area contributed by atoms with E-state index in [-0.39, 0.29) is 17.8 Å². The number of H-pyrrole nitrogens is 1. The Kier molecular flexibility index (Phi) is 5.51. The lowest BCUT2D eigenvalue weighted by molar-refractivity contribution is -0.00576. The van der Waals surface area contributed by atoms with E-state index < -0.39 is 0 Å². The predicted molar refractivity (Wildman–Crippen MR) is 111 cm³/mol. The van der Waals surface area contributed by atoms with Crippen molar-refractivity contribution in [1.82, 2.24) is 14.9 Å². The lowest BCUT2D eigenvalue weighted by atomic mass is 9.99. The first-order chi connectivity index (χ1) is 13.5. The molecule has 1 N–H and O–H groups in total. The van der Waals surface area contributed by atoms with Crippen molar-refractivity contribution in [2.24, 2.45) is 0 Å². The molecule has 3 heterocycles. The van der Waals surface area contributed by atoms with E-state index >= 15 is 0 Å². The Morgan fingerprint density at radius 2 is 1.93 bits per heavy atom. The van der Waals surface area contributed by atoms with Crippen LogP contribution in [0.1, 0.15) is 43.5 Å². The van der Waals surface area contributed by atoms with Crippen LogP contribution in [0.5, 0.6) is 0 Å². The van der Waals surface area contributed by atoms with Crippen LogP contribution < -0.4 is 10.5 Å². The third-order valence-electron chi connectivity index (χ3n) is 5.76. The zero-order chi connectivity index (χ0) is 19.7. The Hall–Kier alpha value is -2.18. The molecule has 0 spiro atoms. The molecule has 1 fully saturated rings. The van der Waals surface area contributed by atoms with Gasteiger partial charge in [-0.25, -0.2) is 4.98 Å². The zero-order valence-corrected chi connectivity index (χ0v) is 17.0. The highest BCUT2D eigenvalue weighted by molar-refractivity contribution is 5.35. The van der Waals surface area contributed by atoms with Gasteiger partial charge in [0.25, 0.3) is 5.56 Å². The molecule has 3 atom stereocenters. The number of ether oxygens (including phenoxy) is 1. The molecule has 2 aliphatic heterocycles. The number of fused-ring (bicyclic) bond motifs is 1. The summed E-state index contributed by atoms with van der Waals surface area (Å²) in [5.41, 5.74) is 3.14. The molecule has 1 aromatic heterocycles. The first kappa shape index (κ1) is 19.2. The summed E-state index contributed by atoms with van der Waals surface area (Å²) in [6.07, 6.45) is 1.02. The van der Waals surface area contributed by atoms with Gasteiger partial charge in [-0.15, -0.1) is 0 Å². The maximum absolute atomic E-state index is 12.7. The Morgan fingerprint density at radius 1 is 1.21 bits per heavy atom. The Labute approximate surface area is 166 Å². The molecule has 28 heavy (non-hydrogen) atoms. The molecule has 2 aliphatic rings. The van der Waals surface area contributed by atoms with Crippen molar-refractivity contribution >= 4 is 5.95 Å². The van der Waals surface area contributed by atoms with Crippen molar-refractivity contribution in [1.29, 1.82) is 0 Å². The fourth-order valence-corrected chi connectivity index (χ4v) is 4.41. The van der Waals surface area contributed by atoms with Gasteiger partial charge in [0.05, 0.1) is 17.9 Å². The van der Waals surface area contributed by atoms with Crippen LogP contribution in [0.2, 0.25) is 0 Å². The van der Waals surface area contributed by atoms with Crippen LogP contribution >= 0.6 is 0 Å². The number of nitrogens with one attached hydrogen (secondary N) is 1. The number of anilines is 1. The summed E-state index contributed by atoms with van der Waals surface area (Å²) < 4.78 is 5.81. The van der Waals surface area contributed by atoms with Crippen molar-refractivity contribution in [2.75, 3.05) is 31.1 Å². The molecule has 4 rings (SSSR count). The molecule has 2 aromatic rings. The fourth-order valence-electron chi connectivity index (χ4n) is 4.41. The van der Waals surface area contributed by atoms with E-state index in [4.69, 9.17) is 9.72 Å². The summed E-state index contributed by atoms with van der Waals surface area (Å²) >= 11 is 0. The van der Waals surface area contributed by atoms with Gasteiger partial charge in [0.15, 0.2) is 0 Å². The second-order valence-corrected chi connectivity index (χ2v) is 8.27. The lowest BCUT2D eigenvalue weighted by Crippen LogP contribution is -2.47. The summed E-state index contributed by atoms with van der Waals surface area (Å²) in [5.74, 6) is 1.13. The average Bonchev–Trinajstić information content (AvgIpc) is 2.67. The highest BCUT2D eigenvalue weighted by atomic mass is 16.5. The third kappa shape index (κ3) is 4.13. The van der Waals surface area contributed by atoms with Crippen LogP contribution in [0.3, 0.4) is 0 Å². The molecule has 0 aliphatic carbocycles. The Bertz CT molecular complexity index is 857. The fraction of sp³-hybridized carbons (Fsp3) is 0.545. The van der Waals surface area contributed by atoms with E-state index in [2.05, 4.69) is 65.9 Å². The minimum absolute atomic E-state index is 0.0163. The second-order valence-electron chi connectivity index (χ2n) is 8.27. The van der Waals surface area contributed by atoms with E-state index in [9.17, 15) is 4.79 Å². The average molecular weight is 383 g/mol. The topological polar surface area (TPSA) is 61.5 Å². The number of hydrogen-bond acceptors (Lipinski definition) is 5. The number of aromatic nitrogens is 2. The van der Waals surface area contributed by atoms with Gasteiger partial charge in [-0.2, -0.15) is 0 Å². The molecule has 0 saturated carbocycles. The number of rotatable bonds is 4. The van der Waals surface area contributed by atoms with E-state index in [0.29, 0.717) is 11.9 Å². The molecular formula is C22H30N4O2. The molecule has 1 aromatic carbocycles. The summed E-state index contributed by atoms with van der Waals surface area (Å²) in [7, 11) is 0. The summed E-state index contributed by atoms with van der Waals surface area (Å²) in [4.78, 5) is 25.1. The van der Waals surface area contributed by atoms with Gasteiger partial charge in [0, 0.05) is 38.3 Å². The SMILES string of the molecule is CC1CN(c2nc3c(c(=O)[nH]2)CCN(CC(C)c2ccccc2)C3)CC(C)O1. The minimum atomic E-state index is 0.0163. The molecule has 0 amide bonds. The van der Waals surface area contributed by atoms with E-state index in [1.54, 1.807) is 0 Å². The Morgan fingerprint density at radius 3 is 2.64 bits per heavy atom. The number of morpholine rings is 1. The first-order valence-corrected chi connectivity index (χ1v) is 10.3. The molecule has 0 bridgehead atoms. The van der Waals surface area contributed by atoms with Crippen molar-refractivity contribution in [3.63, 3.8) is 0 Å². The molecule has 6 heteroatoms. The van der Waals surface area contributed by atoms with E-state index in [1.165, 1.54) is 5.56 Å². The number of hydrogen-bond donors (Lipinski definition) is 1. The van der Waals surface area contributed by atoms with Crippen LogP contribution in [-0.2, 0) is 17.7 Å². The van der Waals surface area contributed by atoms with Gasteiger partial charge in [-0.05, 0) is 31.7 Å². The first-order valence-electron chi connectivity index (χ1n) is 10.3. The quantitative estimate of drug-likeness (QED) is 0.881. The van der Waals surface area contributed by atoms with Crippen molar-refractivity contribution in [2.45, 2.75) is 51.9 Å². The highest BCUT2D eigenvalue weighted by Crippen LogP contribution is 2.22. The zero-order valence-electron chi connectivity index (χ0n) is 17.0. The molecule has 6 nitrogen and oxygen atoms in total. The monoisotopic (exact) mass is 382 g/mol. The number of aromatic amines is 1. The van der Waals surface area contributed by atoms with Gasteiger partial charge in [-0.1, -0.05) is 37.3 Å². The van der Waals surface area contributed by atoms with Gasteiger partial charge in [0.2, 0.25) is 5.95 Å². The maximum Gasteiger partial charge on any atom is 0.255 e. The van der Waals surface area contributed by atoms with Gasteiger partial charge in [-0.3, -0.25) is 14.7 Å². The van der Waals surface area contributed by atoms with Gasteiger partial charge >= 0.3 is 0 Å². The molecule has 3 unspecified atom stereocenters. The summed E-state index contributed by atoms with van der Waals surface area (Å²) in [6, 6.07) is 10.6. The highest BCUT2D eigenvalue weighted by Gasteiger charge is 2.27. The standard InChI is InChI=1S/C22H30N4O2/c1-15(18-7-5-4-6-8-18)11-25-10-9-19-20(14-25)23-22(24-21(19)27)26-12-16(2)28-17(3)13-26/h4-8,15-17H,9-14H2,1-3H3,(H,23,24,27). The number of nitrogens with zero attached hydrogens (tertiary/aromatic N) is 3. The van der Waals surface area contributed by atoms with E-state index in [0.717, 1.165) is 50.4 Å². The van der Waals surface area contributed by atoms with Crippen molar-refractivity contribution in [3.8, 4) is 0 Å². The third-order valence-corrected chi connectivity index (χ3v) is 5.76. The molecule has 150 valence electrons.